The monoisotopic (exact) mass is 160 g/mol. The van der Waals surface area contributed by atoms with Crippen LogP contribution in [-0.2, 0) is 4.79 Å². The van der Waals surface area contributed by atoms with Gasteiger partial charge in [-0.2, -0.15) is 0 Å². The summed E-state index contributed by atoms with van der Waals surface area (Å²) in [7, 11) is 0. The molecule has 2 aliphatic rings. The number of carbonyl (C=O) groups is 1. The van der Waals surface area contributed by atoms with E-state index >= 15 is 0 Å². The highest BCUT2D eigenvalue weighted by Gasteiger charge is 2.19. The summed E-state index contributed by atoms with van der Waals surface area (Å²) in [6, 6.07) is 0. The molecule has 0 saturated carbocycles. The molecule has 0 amide bonds. The molecule has 0 aromatic rings. The zero-order chi connectivity index (χ0) is 8.39. The van der Waals surface area contributed by atoms with Crippen LogP contribution in [0.2, 0.25) is 0 Å². The Kier molecular flexibility index (Phi) is 1.94. The molecule has 0 spiro atoms. The predicted molar refractivity (Wildman–Crippen MR) is 48.7 cm³/mol. The topological polar surface area (TPSA) is 17.1 Å². The molecule has 0 saturated heterocycles. The van der Waals surface area contributed by atoms with Gasteiger partial charge < -0.3 is 0 Å². The van der Waals surface area contributed by atoms with Gasteiger partial charge in [-0.1, -0.05) is 24.3 Å². The van der Waals surface area contributed by atoms with Gasteiger partial charge in [0.15, 0.2) is 5.78 Å². The molecule has 0 heterocycles. The highest BCUT2D eigenvalue weighted by Crippen LogP contribution is 2.25. The van der Waals surface area contributed by atoms with Crippen LogP contribution in [0.25, 0.3) is 0 Å². The summed E-state index contributed by atoms with van der Waals surface area (Å²) in [5.74, 6) is 0.564. The van der Waals surface area contributed by atoms with E-state index in [0.717, 1.165) is 19.3 Å². The van der Waals surface area contributed by atoms with Crippen molar-refractivity contribution in [2.75, 3.05) is 0 Å². The third-order valence-electron chi connectivity index (χ3n) is 2.47. The third-order valence-corrected chi connectivity index (χ3v) is 2.47. The lowest BCUT2D eigenvalue weighted by molar-refractivity contribution is -0.118. The van der Waals surface area contributed by atoms with E-state index in [4.69, 9.17) is 0 Å². The van der Waals surface area contributed by atoms with E-state index in [2.05, 4.69) is 12.2 Å². The molecule has 0 fully saturated rings. The fourth-order valence-corrected chi connectivity index (χ4v) is 1.63. The number of carbonyl (C=O) groups excluding carboxylic acids is 1. The van der Waals surface area contributed by atoms with Crippen LogP contribution in [-0.4, -0.2) is 5.78 Å². The second-order valence-corrected chi connectivity index (χ2v) is 3.38. The summed E-state index contributed by atoms with van der Waals surface area (Å²) in [6.07, 6.45) is 12.9. The highest BCUT2D eigenvalue weighted by molar-refractivity contribution is 5.92. The SMILES string of the molecule is O=C1C=CCCC1CC1=CC=C1. The highest BCUT2D eigenvalue weighted by atomic mass is 16.1. The molecule has 12 heavy (non-hydrogen) atoms. The Morgan fingerprint density at radius 2 is 2.25 bits per heavy atom. The van der Waals surface area contributed by atoms with Crippen molar-refractivity contribution in [2.45, 2.75) is 19.3 Å². The van der Waals surface area contributed by atoms with Crippen molar-refractivity contribution in [3.05, 3.63) is 36.0 Å². The van der Waals surface area contributed by atoms with Crippen LogP contribution in [0.1, 0.15) is 19.3 Å². The Labute approximate surface area is 72.5 Å². The lowest BCUT2D eigenvalue weighted by Gasteiger charge is -2.18. The lowest BCUT2D eigenvalue weighted by Crippen LogP contribution is -2.16. The normalized spacial score (nSPS) is 26.8. The standard InChI is InChI=1S/C11H12O/c12-11-7-2-1-6-10(11)8-9-4-3-5-9/h2-5,7,10H,1,6,8H2. The Hall–Kier alpha value is -1.11. The number of hydrogen-bond acceptors (Lipinski definition) is 1. The molecule has 1 atom stereocenters. The first kappa shape index (κ1) is 7.53. The van der Waals surface area contributed by atoms with Crippen molar-refractivity contribution in [2.24, 2.45) is 5.92 Å². The van der Waals surface area contributed by atoms with Gasteiger partial charge in [0.1, 0.15) is 0 Å². The first-order chi connectivity index (χ1) is 5.86. The van der Waals surface area contributed by atoms with Gasteiger partial charge in [0.2, 0.25) is 0 Å². The van der Waals surface area contributed by atoms with Crippen LogP contribution in [0.4, 0.5) is 0 Å². The van der Waals surface area contributed by atoms with Crippen molar-refractivity contribution in [3.63, 3.8) is 0 Å². The van der Waals surface area contributed by atoms with Gasteiger partial charge in [-0.15, -0.1) is 0 Å². The smallest absolute Gasteiger partial charge is 0.158 e. The minimum Gasteiger partial charge on any atom is -0.295 e. The zero-order valence-electron chi connectivity index (χ0n) is 6.99. The summed E-state index contributed by atoms with van der Waals surface area (Å²) in [4.78, 5) is 11.3. The first-order valence-electron chi connectivity index (χ1n) is 4.44. The van der Waals surface area contributed by atoms with Gasteiger partial charge in [-0.25, -0.2) is 0 Å². The molecule has 0 bridgehead atoms. The van der Waals surface area contributed by atoms with Gasteiger partial charge in [0.05, 0.1) is 0 Å². The van der Waals surface area contributed by atoms with E-state index in [1.165, 1.54) is 5.57 Å². The number of hydrogen-bond donors (Lipinski definition) is 0. The molecule has 0 aromatic heterocycles. The van der Waals surface area contributed by atoms with E-state index in [1.807, 2.05) is 12.2 Å². The van der Waals surface area contributed by atoms with Crippen LogP contribution in [0, 0.1) is 5.92 Å². The van der Waals surface area contributed by atoms with Crippen molar-refractivity contribution < 1.29 is 4.79 Å². The Balaban J connectivity index is 1.94. The number of allylic oxidation sites excluding steroid dienone is 6. The van der Waals surface area contributed by atoms with Crippen LogP contribution in [0.5, 0.6) is 0 Å². The average molecular weight is 160 g/mol. The van der Waals surface area contributed by atoms with Crippen LogP contribution in [0.15, 0.2) is 36.0 Å². The van der Waals surface area contributed by atoms with E-state index < -0.39 is 0 Å². The molecule has 1 unspecified atom stereocenters. The molecule has 0 radical (unpaired) electrons. The second kappa shape index (κ2) is 3.10. The van der Waals surface area contributed by atoms with Crippen molar-refractivity contribution in [1.29, 1.82) is 0 Å². The third kappa shape index (κ3) is 1.40. The second-order valence-electron chi connectivity index (χ2n) is 3.38. The summed E-state index contributed by atoms with van der Waals surface area (Å²) >= 11 is 0. The van der Waals surface area contributed by atoms with E-state index in [1.54, 1.807) is 6.08 Å². The number of ketones is 1. The molecule has 2 aliphatic carbocycles. The van der Waals surface area contributed by atoms with Crippen molar-refractivity contribution in [1.82, 2.24) is 0 Å². The molecule has 62 valence electrons. The molecule has 1 nitrogen and oxygen atoms in total. The quantitative estimate of drug-likeness (QED) is 0.606. The van der Waals surface area contributed by atoms with Gasteiger partial charge in [-0.05, 0) is 30.9 Å². The molecule has 0 aromatic carbocycles. The Morgan fingerprint density at radius 3 is 2.83 bits per heavy atom. The van der Waals surface area contributed by atoms with Gasteiger partial charge in [0.25, 0.3) is 0 Å². The molecule has 0 aliphatic heterocycles. The minimum absolute atomic E-state index is 0.256. The molecular weight excluding hydrogens is 148 g/mol. The summed E-state index contributed by atoms with van der Waals surface area (Å²) in [5.41, 5.74) is 1.32. The van der Waals surface area contributed by atoms with Gasteiger partial charge in [-0.3, -0.25) is 4.79 Å². The Morgan fingerprint density at radius 1 is 1.42 bits per heavy atom. The number of rotatable bonds is 2. The van der Waals surface area contributed by atoms with Gasteiger partial charge >= 0.3 is 0 Å². The molecule has 2 rings (SSSR count). The minimum atomic E-state index is 0.256. The van der Waals surface area contributed by atoms with Crippen molar-refractivity contribution in [3.8, 4) is 0 Å². The predicted octanol–water partition coefficient (Wildman–Crippen LogP) is 2.41. The molecule has 1 heteroatoms. The molecular formula is C11H12O. The summed E-state index contributed by atoms with van der Waals surface area (Å²) in [6.45, 7) is 0. The van der Waals surface area contributed by atoms with Crippen LogP contribution >= 0.6 is 0 Å². The Bertz CT molecular complexity index is 281. The van der Waals surface area contributed by atoms with Gasteiger partial charge in [0, 0.05) is 5.92 Å². The van der Waals surface area contributed by atoms with E-state index in [0.29, 0.717) is 5.78 Å². The fourth-order valence-electron chi connectivity index (χ4n) is 1.63. The maximum Gasteiger partial charge on any atom is 0.158 e. The van der Waals surface area contributed by atoms with Crippen LogP contribution in [0.3, 0.4) is 0 Å². The van der Waals surface area contributed by atoms with Crippen LogP contribution < -0.4 is 0 Å². The summed E-state index contributed by atoms with van der Waals surface area (Å²) < 4.78 is 0. The lowest BCUT2D eigenvalue weighted by atomic mass is 9.85. The van der Waals surface area contributed by atoms with E-state index in [-0.39, 0.29) is 5.92 Å². The largest absolute Gasteiger partial charge is 0.295 e. The summed E-state index contributed by atoms with van der Waals surface area (Å²) in [5, 5.41) is 0. The molecule has 0 N–H and O–H groups in total. The van der Waals surface area contributed by atoms with E-state index in [9.17, 15) is 4.79 Å². The maximum absolute atomic E-state index is 11.3. The van der Waals surface area contributed by atoms with Crippen molar-refractivity contribution >= 4 is 5.78 Å². The average Bonchev–Trinajstić information content (AvgIpc) is 2.00. The zero-order valence-corrected chi connectivity index (χ0v) is 6.99. The fraction of sp³-hybridized carbons (Fsp3) is 0.364. The maximum atomic E-state index is 11.3. The first-order valence-corrected chi connectivity index (χ1v) is 4.44.